The monoisotopic (exact) mass is 475 g/mol. The minimum atomic E-state index is -0.0144. The first kappa shape index (κ1) is 21.6. The van der Waals surface area contributed by atoms with Gasteiger partial charge in [0.15, 0.2) is 0 Å². The molecule has 0 N–H and O–H groups in total. The van der Waals surface area contributed by atoms with Gasteiger partial charge in [-0.1, -0.05) is 6.42 Å². The summed E-state index contributed by atoms with van der Waals surface area (Å²) in [5.41, 5.74) is 3.68. The van der Waals surface area contributed by atoms with E-state index < -0.39 is 0 Å². The fourth-order valence-electron chi connectivity index (χ4n) is 5.02. The van der Waals surface area contributed by atoms with E-state index in [0.717, 1.165) is 72.8 Å². The molecule has 3 aromatic heterocycles. The van der Waals surface area contributed by atoms with Crippen molar-refractivity contribution in [3.8, 4) is 10.6 Å². The number of fused-ring (bicyclic) bond motifs is 1. The molecule has 0 radical (unpaired) electrons. The quantitative estimate of drug-likeness (QED) is 0.574. The normalized spacial score (nSPS) is 19.4. The molecule has 0 bridgehead atoms. The summed E-state index contributed by atoms with van der Waals surface area (Å²) in [4.78, 5) is 38.4. The van der Waals surface area contributed by atoms with Crippen LogP contribution < -0.4 is 4.90 Å². The SMILES string of the molecule is O=C(c1csc(-c2cccnc2)n1)N1CCc2cnc(N3CCN(C4CCC4)CC3)nc2CC1. The largest absolute Gasteiger partial charge is 0.338 e. The predicted octanol–water partition coefficient (Wildman–Crippen LogP) is 2.91. The fraction of sp³-hybridized carbons (Fsp3) is 0.480. The van der Waals surface area contributed by atoms with Crippen molar-refractivity contribution in [2.75, 3.05) is 44.2 Å². The van der Waals surface area contributed by atoms with Crippen LogP contribution in [0.3, 0.4) is 0 Å². The third kappa shape index (κ3) is 4.30. The highest BCUT2D eigenvalue weighted by Crippen LogP contribution is 2.27. The number of pyridine rings is 1. The first-order valence-electron chi connectivity index (χ1n) is 12.2. The van der Waals surface area contributed by atoms with Crippen LogP contribution in [0.4, 0.5) is 5.95 Å². The van der Waals surface area contributed by atoms with E-state index in [1.807, 2.05) is 28.6 Å². The lowest BCUT2D eigenvalue weighted by atomic mass is 9.91. The molecule has 1 amide bonds. The predicted molar refractivity (Wildman–Crippen MR) is 132 cm³/mol. The molecular formula is C25H29N7OS. The molecule has 5 heterocycles. The number of carbonyl (C=O) groups is 1. The molecule has 1 saturated heterocycles. The van der Waals surface area contributed by atoms with Crippen molar-refractivity contribution in [1.29, 1.82) is 0 Å². The smallest absolute Gasteiger partial charge is 0.273 e. The molecule has 2 fully saturated rings. The second-order valence-corrected chi connectivity index (χ2v) is 10.2. The summed E-state index contributed by atoms with van der Waals surface area (Å²) in [6.07, 6.45) is 11.1. The first-order chi connectivity index (χ1) is 16.7. The number of rotatable bonds is 4. The van der Waals surface area contributed by atoms with E-state index >= 15 is 0 Å². The van der Waals surface area contributed by atoms with Gasteiger partial charge >= 0.3 is 0 Å². The molecular weight excluding hydrogens is 446 g/mol. The van der Waals surface area contributed by atoms with E-state index in [-0.39, 0.29) is 5.91 Å². The molecule has 34 heavy (non-hydrogen) atoms. The second-order valence-electron chi connectivity index (χ2n) is 9.32. The molecule has 1 saturated carbocycles. The Balaban J connectivity index is 1.10. The maximum atomic E-state index is 13.2. The first-order valence-corrected chi connectivity index (χ1v) is 13.1. The van der Waals surface area contributed by atoms with E-state index in [1.165, 1.54) is 30.6 Å². The van der Waals surface area contributed by atoms with Crippen molar-refractivity contribution in [3.63, 3.8) is 0 Å². The number of hydrogen-bond acceptors (Lipinski definition) is 8. The van der Waals surface area contributed by atoms with E-state index in [2.05, 4.69) is 19.8 Å². The Bertz CT molecular complexity index is 1160. The minimum Gasteiger partial charge on any atom is -0.338 e. The minimum absolute atomic E-state index is 0.0144. The Kier molecular flexibility index (Phi) is 5.97. The van der Waals surface area contributed by atoms with Crippen LogP contribution in [0.25, 0.3) is 10.6 Å². The lowest BCUT2D eigenvalue weighted by molar-refractivity contribution is 0.0758. The number of nitrogens with zero attached hydrogens (tertiary/aromatic N) is 7. The average Bonchev–Trinajstić information content (AvgIpc) is 3.25. The zero-order valence-electron chi connectivity index (χ0n) is 19.3. The van der Waals surface area contributed by atoms with Crippen molar-refractivity contribution in [3.05, 3.63) is 53.1 Å². The number of piperazine rings is 1. The number of anilines is 1. The Morgan fingerprint density at radius 3 is 2.62 bits per heavy atom. The number of thiazole rings is 1. The van der Waals surface area contributed by atoms with E-state index in [1.54, 1.807) is 12.4 Å². The van der Waals surface area contributed by atoms with Gasteiger partial charge in [-0.15, -0.1) is 11.3 Å². The summed E-state index contributed by atoms with van der Waals surface area (Å²) >= 11 is 1.48. The summed E-state index contributed by atoms with van der Waals surface area (Å²) in [5, 5.41) is 2.67. The third-order valence-corrected chi connectivity index (χ3v) is 8.21. The van der Waals surface area contributed by atoms with Crippen LogP contribution in [0.15, 0.2) is 36.1 Å². The maximum absolute atomic E-state index is 13.2. The van der Waals surface area contributed by atoms with Crippen LogP contribution in [-0.4, -0.2) is 81.0 Å². The Morgan fingerprint density at radius 1 is 1.00 bits per heavy atom. The molecule has 0 unspecified atom stereocenters. The fourth-order valence-corrected chi connectivity index (χ4v) is 5.80. The number of aromatic nitrogens is 4. The number of amides is 1. The Morgan fingerprint density at radius 2 is 1.85 bits per heavy atom. The van der Waals surface area contributed by atoms with E-state index in [9.17, 15) is 4.79 Å². The molecule has 6 rings (SSSR count). The van der Waals surface area contributed by atoms with Gasteiger partial charge in [-0.3, -0.25) is 14.7 Å². The van der Waals surface area contributed by atoms with Crippen molar-refractivity contribution >= 4 is 23.2 Å². The topological polar surface area (TPSA) is 78.4 Å². The molecule has 0 spiro atoms. The average molecular weight is 476 g/mol. The zero-order chi connectivity index (χ0) is 22.9. The number of carbonyl (C=O) groups excluding carboxylic acids is 1. The Labute approximate surface area is 203 Å². The molecule has 2 aliphatic heterocycles. The second kappa shape index (κ2) is 9.38. The van der Waals surface area contributed by atoms with E-state index in [4.69, 9.17) is 9.97 Å². The van der Waals surface area contributed by atoms with Gasteiger partial charge in [0.05, 0.1) is 5.69 Å². The van der Waals surface area contributed by atoms with Gasteiger partial charge in [-0.2, -0.15) is 0 Å². The van der Waals surface area contributed by atoms with Gasteiger partial charge < -0.3 is 9.80 Å². The molecule has 0 atom stereocenters. The molecule has 176 valence electrons. The maximum Gasteiger partial charge on any atom is 0.273 e. The van der Waals surface area contributed by atoms with Crippen LogP contribution in [0, 0.1) is 0 Å². The van der Waals surface area contributed by atoms with Crippen molar-refractivity contribution in [2.45, 2.75) is 38.1 Å². The summed E-state index contributed by atoms with van der Waals surface area (Å²) in [5.74, 6) is 0.826. The summed E-state index contributed by atoms with van der Waals surface area (Å²) in [6.45, 7) is 5.49. The van der Waals surface area contributed by atoms with Crippen molar-refractivity contribution in [2.24, 2.45) is 0 Å². The molecule has 9 heteroatoms. The van der Waals surface area contributed by atoms with Crippen molar-refractivity contribution < 1.29 is 4.79 Å². The van der Waals surface area contributed by atoms with Crippen LogP contribution in [0.1, 0.15) is 41.0 Å². The summed E-state index contributed by atoms with van der Waals surface area (Å²) in [6, 6.07) is 4.65. The van der Waals surface area contributed by atoms with Crippen LogP contribution >= 0.6 is 11.3 Å². The molecule has 0 aromatic carbocycles. The van der Waals surface area contributed by atoms with Crippen LogP contribution in [0.5, 0.6) is 0 Å². The summed E-state index contributed by atoms with van der Waals surface area (Å²) in [7, 11) is 0. The van der Waals surface area contributed by atoms with Crippen molar-refractivity contribution in [1.82, 2.24) is 29.7 Å². The van der Waals surface area contributed by atoms with Gasteiger partial charge in [0, 0.05) is 81.3 Å². The highest BCUT2D eigenvalue weighted by Gasteiger charge is 2.29. The third-order valence-electron chi connectivity index (χ3n) is 7.32. The van der Waals surface area contributed by atoms with Crippen LogP contribution in [-0.2, 0) is 12.8 Å². The van der Waals surface area contributed by atoms with Gasteiger partial charge in [0.2, 0.25) is 5.95 Å². The zero-order valence-corrected chi connectivity index (χ0v) is 20.1. The van der Waals surface area contributed by atoms with Gasteiger partial charge in [-0.25, -0.2) is 15.0 Å². The van der Waals surface area contributed by atoms with Gasteiger partial charge in [-0.05, 0) is 37.0 Å². The van der Waals surface area contributed by atoms with Gasteiger partial charge in [0.1, 0.15) is 10.7 Å². The molecule has 3 aromatic rings. The molecule has 1 aliphatic carbocycles. The standard InChI is InChI=1S/C25H29N7OS/c33-24(22-17-34-23(28-22)19-3-2-8-26-15-19)31-9-6-18-16-27-25(29-21(18)7-10-31)32-13-11-30(12-14-32)20-4-1-5-20/h2-3,8,15-17,20H,1,4-7,9-14H2. The highest BCUT2D eigenvalue weighted by atomic mass is 32.1. The number of hydrogen-bond donors (Lipinski definition) is 0. The van der Waals surface area contributed by atoms with Gasteiger partial charge in [0.25, 0.3) is 5.91 Å². The Hall–Kier alpha value is -2.91. The highest BCUT2D eigenvalue weighted by molar-refractivity contribution is 7.13. The molecule has 8 nitrogen and oxygen atoms in total. The van der Waals surface area contributed by atoms with Crippen LogP contribution in [0.2, 0.25) is 0 Å². The summed E-state index contributed by atoms with van der Waals surface area (Å²) < 4.78 is 0. The molecule has 3 aliphatic rings. The lowest BCUT2D eigenvalue weighted by Gasteiger charge is -2.43. The van der Waals surface area contributed by atoms with E-state index in [0.29, 0.717) is 18.8 Å². The lowest BCUT2D eigenvalue weighted by Crippen LogP contribution is -2.52.